The van der Waals surface area contributed by atoms with Gasteiger partial charge in [0.15, 0.2) is 0 Å². The summed E-state index contributed by atoms with van der Waals surface area (Å²) in [5.41, 5.74) is 5.84. The number of rotatable bonds is 2. The number of benzene rings is 1. The van der Waals surface area contributed by atoms with E-state index in [9.17, 15) is 0 Å². The monoisotopic (exact) mass is 363 g/mol. The van der Waals surface area contributed by atoms with Crippen molar-refractivity contribution in [1.82, 2.24) is 10.3 Å². The van der Waals surface area contributed by atoms with E-state index in [4.69, 9.17) is 4.98 Å². The molecule has 2 heterocycles. The molecule has 3 heteroatoms. The minimum Gasteiger partial charge on any atom is -0.355 e. The van der Waals surface area contributed by atoms with Gasteiger partial charge in [0.05, 0.1) is 5.69 Å². The van der Waals surface area contributed by atoms with Gasteiger partial charge >= 0.3 is 0 Å². The fourth-order valence-electron chi connectivity index (χ4n) is 4.58. The normalized spacial score (nSPS) is 21.4. The van der Waals surface area contributed by atoms with Crippen LogP contribution >= 0.6 is 0 Å². The molecule has 144 valence electrons. The quantitative estimate of drug-likeness (QED) is 0.823. The summed E-state index contributed by atoms with van der Waals surface area (Å²) in [6.45, 7) is 13.8. The molecule has 1 aromatic heterocycles. The molecular formula is C24H33N3. The Labute approximate surface area is 164 Å². The van der Waals surface area contributed by atoms with Crippen molar-refractivity contribution in [3.05, 3.63) is 47.5 Å². The molecule has 0 saturated carbocycles. The number of hydrogen-bond acceptors (Lipinski definition) is 3. The van der Waals surface area contributed by atoms with Crippen LogP contribution in [0.25, 0.3) is 11.3 Å². The van der Waals surface area contributed by atoms with Gasteiger partial charge in [-0.3, -0.25) is 0 Å². The molecule has 0 amide bonds. The van der Waals surface area contributed by atoms with Crippen LogP contribution in [0.2, 0.25) is 0 Å². The van der Waals surface area contributed by atoms with Gasteiger partial charge < -0.3 is 10.2 Å². The summed E-state index contributed by atoms with van der Waals surface area (Å²) >= 11 is 0. The third-order valence-corrected chi connectivity index (χ3v) is 6.55. The number of nitrogens with zero attached hydrogens (tertiary/aromatic N) is 2. The molecule has 0 bridgehead atoms. The van der Waals surface area contributed by atoms with E-state index in [2.05, 4.69) is 74.3 Å². The highest BCUT2D eigenvalue weighted by Crippen LogP contribution is 2.46. The standard InChI is InChI=1S/C24H33N3/c1-23(2)11-12-24(3,4)20-17-18(9-10-19(20)23)21-7-5-8-22(26-21)27-15-6-13-25-14-16-27/h5,7-10,17,25H,6,11-16H2,1-4H3. The van der Waals surface area contributed by atoms with Crippen molar-refractivity contribution in [2.75, 3.05) is 31.1 Å². The molecule has 1 aliphatic carbocycles. The fraction of sp³-hybridized carbons (Fsp3) is 0.542. The second-order valence-corrected chi connectivity index (χ2v) is 9.50. The first-order chi connectivity index (χ1) is 12.9. The fourth-order valence-corrected chi connectivity index (χ4v) is 4.58. The molecule has 1 aliphatic heterocycles. The topological polar surface area (TPSA) is 28.2 Å². The molecule has 27 heavy (non-hydrogen) atoms. The van der Waals surface area contributed by atoms with Crippen molar-refractivity contribution in [2.45, 2.75) is 57.8 Å². The zero-order chi connectivity index (χ0) is 19.1. The zero-order valence-corrected chi connectivity index (χ0v) is 17.3. The van der Waals surface area contributed by atoms with Gasteiger partial charge in [-0.1, -0.05) is 45.9 Å². The highest BCUT2D eigenvalue weighted by atomic mass is 15.2. The first-order valence-corrected chi connectivity index (χ1v) is 10.4. The number of aromatic nitrogens is 1. The van der Waals surface area contributed by atoms with Gasteiger partial charge in [0.2, 0.25) is 0 Å². The lowest BCUT2D eigenvalue weighted by molar-refractivity contribution is 0.332. The molecule has 0 atom stereocenters. The first kappa shape index (κ1) is 18.5. The average Bonchev–Trinajstić information content (AvgIpc) is 2.95. The Kier molecular flexibility index (Phi) is 4.75. The summed E-state index contributed by atoms with van der Waals surface area (Å²) in [6.07, 6.45) is 3.67. The molecule has 1 N–H and O–H groups in total. The third kappa shape index (κ3) is 3.62. The Balaban J connectivity index is 1.71. The first-order valence-electron chi connectivity index (χ1n) is 10.4. The zero-order valence-electron chi connectivity index (χ0n) is 17.3. The van der Waals surface area contributed by atoms with Crippen LogP contribution < -0.4 is 10.2 Å². The average molecular weight is 364 g/mol. The van der Waals surface area contributed by atoms with Gasteiger partial charge in [0, 0.05) is 25.2 Å². The molecule has 0 spiro atoms. The lowest BCUT2D eigenvalue weighted by Crippen LogP contribution is -2.33. The highest BCUT2D eigenvalue weighted by Gasteiger charge is 2.37. The summed E-state index contributed by atoms with van der Waals surface area (Å²) in [5.74, 6) is 1.11. The highest BCUT2D eigenvalue weighted by molar-refractivity contribution is 5.65. The maximum absolute atomic E-state index is 5.04. The van der Waals surface area contributed by atoms with E-state index in [-0.39, 0.29) is 10.8 Å². The van der Waals surface area contributed by atoms with Crippen LogP contribution in [0, 0.1) is 0 Å². The van der Waals surface area contributed by atoms with E-state index in [1.54, 1.807) is 0 Å². The Morgan fingerprint density at radius 1 is 0.889 bits per heavy atom. The van der Waals surface area contributed by atoms with Crippen LogP contribution in [0.5, 0.6) is 0 Å². The Hall–Kier alpha value is -1.87. The predicted molar refractivity (Wildman–Crippen MR) is 115 cm³/mol. The molecular weight excluding hydrogens is 330 g/mol. The number of pyridine rings is 1. The van der Waals surface area contributed by atoms with Crippen molar-refractivity contribution in [1.29, 1.82) is 0 Å². The molecule has 2 aromatic rings. The molecule has 2 aliphatic rings. The Bertz CT molecular complexity index is 814. The van der Waals surface area contributed by atoms with Crippen LogP contribution in [-0.4, -0.2) is 31.2 Å². The van der Waals surface area contributed by atoms with Crippen molar-refractivity contribution in [3.8, 4) is 11.3 Å². The van der Waals surface area contributed by atoms with Gasteiger partial charge in [-0.05, 0) is 66.0 Å². The number of anilines is 1. The Morgan fingerprint density at radius 2 is 1.67 bits per heavy atom. The van der Waals surface area contributed by atoms with Gasteiger partial charge in [-0.25, -0.2) is 4.98 Å². The smallest absolute Gasteiger partial charge is 0.129 e. The van der Waals surface area contributed by atoms with Crippen LogP contribution in [0.15, 0.2) is 36.4 Å². The van der Waals surface area contributed by atoms with Crippen molar-refractivity contribution >= 4 is 5.82 Å². The second-order valence-electron chi connectivity index (χ2n) is 9.50. The minimum atomic E-state index is 0.231. The van der Waals surface area contributed by atoms with E-state index in [1.165, 1.54) is 36.0 Å². The van der Waals surface area contributed by atoms with E-state index < -0.39 is 0 Å². The van der Waals surface area contributed by atoms with Crippen molar-refractivity contribution in [3.63, 3.8) is 0 Å². The van der Waals surface area contributed by atoms with Gasteiger partial charge in [0.25, 0.3) is 0 Å². The van der Waals surface area contributed by atoms with E-state index >= 15 is 0 Å². The maximum atomic E-state index is 5.04. The molecule has 1 saturated heterocycles. The van der Waals surface area contributed by atoms with Gasteiger partial charge in [-0.2, -0.15) is 0 Å². The molecule has 4 rings (SSSR count). The van der Waals surface area contributed by atoms with E-state index in [0.29, 0.717) is 0 Å². The second kappa shape index (κ2) is 6.94. The van der Waals surface area contributed by atoms with Crippen LogP contribution in [0.1, 0.15) is 58.1 Å². The molecule has 0 unspecified atom stereocenters. The number of nitrogens with one attached hydrogen (secondary N) is 1. The van der Waals surface area contributed by atoms with Gasteiger partial charge in [0.1, 0.15) is 5.82 Å². The summed E-state index contributed by atoms with van der Waals surface area (Å²) in [7, 11) is 0. The van der Waals surface area contributed by atoms with E-state index in [0.717, 1.165) is 37.7 Å². The van der Waals surface area contributed by atoms with Crippen molar-refractivity contribution < 1.29 is 0 Å². The largest absolute Gasteiger partial charge is 0.355 e. The third-order valence-electron chi connectivity index (χ3n) is 6.55. The van der Waals surface area contributed by atoms with E-state index in [1.807, 2.05) is 0 Å². The lowest BCUT2D eigenvalue weighted by Gasteiger charge is -2.42. The van der Waals surface area contributed by atoms with Crippen LogP contribution in [0.4, 0.5) is 5.82 Å². The summed E-state index contributed by atoms with van der Waals surface area (Å²) in [4.78, 5) is 7.45. The molecule has 1 aromatic carbocycles. The summed E-state index contributed by atoms with van der Waals surface area (Å²) in [6, 6.07) is 13.5. The lowest BCUT2D eigenvalue weighted by atomic mass is 9.63. The minimum absolute atomic E-state index is 0.231. The summed E-state index contributed by atoms with van der Waals surface area (Å²) in [5, 5.41) is 3.47. The summed E-state index contributed by atoms with van der Waals surface area (Å²) < 4.78 is 0. The number of hydrogen-bond donors (Lipinski definition) is 1. The SMILES string of the molecule is CC1(C)CCC(C)(C)c2cc(-c3cccc(N4CCCNCC4)n3)ccc21. The van der Waals surface area contributed by atoms with Crippen LogP contribution in [0.3, 0.4) is 0 Å². The Morgan fingerprint density at radius 3 is 2.48 bits per heavy atom. The molecule has 0 radical (unpaired) electrons. The molecule has 3 nitrogen and oxygen atoms in total. The van der Waals surface area contributed by atoms with Crippen molar-refractivity contribution in [2.24, 2.45) is 0 Å². The van der Waals surface area contributed by atoms with Crippen LogP contribution in [-0.2, 0) is 10.8 Å². The number of fused-ring (bicyclic) bond motifs is 1. The van der Waals surface area contributed by atoms with Gasteiger partial charge in [-0.15, -0.1) is 0 Å². The predicted octanol–water partition coefficient (Wildman–Crippen LogP) is 4.90. The molecule has 1 fully saturated rings. The maximum Gasteiger partial charge on any atom is 0.129 e.